The summed E-state index contributed by atoms with van der Waals surface area (Å²) in [6.07, 6.45) is 8.43. The van der Waals surface area contributed by atoms with Crippen LogP contribution >= 0.6 is 0 Å². The minimum Gasteiger partial charge on any atom is -0.412 e. The molecule has 0 radical (unpaired) electrons. The molecule has 0 spiro atoms. The summed E-state index contributed by atoms with van der Waals surface area (Å²) in [4.78, 5) is 0. The van der Waals surface area contributed by atoms with Crippen molar-refractivity contribution in [3.8, 4) is 0 Å². The highest BCUT2D eigenvalue weighted by Gasteiger charge is 1.94. The second kappa shape index (κ2) is 9.96. The maximum absolute atomic E-state index is 3.28. The lowest BCUT2D eigenvalue weighted by Crippen LogP contribution is -2.21. The molecular formula is C10H24N2O. The summed E-state index contributed by atoms with van der Waals surface area (Å²) >= 11 is 0. The zero-order valence-electron chi connectivity index (χ0n) is 8.57. The van der Waals surface area contributed by atoms with Crippen LogP contribution in [-0.2, 0) is 0 Å². The van der Waals surface area contributed by atoms with Crippen LogP contribution in [0.15, 0.2) is 0 Å². The Labute approximate surface area is 81.6 Å². The van der Waals surface area contributed by atoms with Crippen molar-refractivity contribution >= 4 is 0 Å². The zero-order chi connectivity index (χ0) is 8.49. The molecule has 0 aliphatic carbocycles. The second-order valence-electron chi connectivity index (χ2n) is 3.62. The summed E-state index contributed by atoms with van der Waals surface area (Å²) in [5.74, 6) is 0. The average Bonchev–Trinajstić information content (AvgIpc) is 2.24. The Morgan fingerprint density at radius 3 is 0.846 bits per heavy atom. The number of hydrogen-bond donors (Lipinski definition) is 2. The van der Waals surface area contributed by atoms with Crippen molar-refractivity contribution in [2.75, 3.05) is 26.2 Å². The highest BCUT2D eigenvalue weighted by atomic mass is 16.0. The average molecular weight is 188 g/mol. The van der Waals surface area contributed by atoms with Gasteiger partial charge in [-0.25, -0.2) is 0 Å². The highest BCUT2D eigenvalue weighted by Crippen LogP contribution is 1.97. The van der Waals surface area contributed by atoms with Gasteiger partial charge in [-0.15, -0.1) is 0 Å². The lowest BCUT2D eigenvalue weighted by molar-refractivity contribution is 0.520. The molecule has 0 bridgehead atoms. The van der Waals surface area contributed by atoms with E-state index in [2.05, 4.69) is 10.6 Å². The topological polar surface area (TPSA) is 55.6 Å². The monoisotopic (exact) mass is 188 g/mol. The van der Waals surface area contributed by atoms with Gasteiger partial charge in [-0.2, -0.15) is 0 Å². The summed E-state index contributed by atoms with van der Waals surface area (Å²) in [5, 5.41) is 6.57. The molecule has 0 atom stereocenters. The minimum atomic E-state index is 0. The predicted octanol–water partition coefficient (Wildman–Crippen LogP) is 0.695. The van der Waals surface area contributed by atoms with Gasteiger partial charge in [0.2, 0.25) is 0 Å². The van der Waals surface area contributed by atoms with Crippen LogP contribution in [-0.4, -0.2) is 31.7 Å². The number of rotatable bonds is 0. The Morgan fingerprint density at radius 2 is 0.769 bits per heavy atom. The molecule has 2 rings (SSSR count). The molecule has 2 aliphatic rings. The quantitative estimate of drug-likeness (QED) is 0.588. The first-order valence-electron chi connectivity index (χ1n) is 5.41. The van der Waals surface area contributed by atoms with E-state index in [4.69, 9.17) is 0 Å². The summed E-state index contributed by atoms with van der Waals surface area (Å²) in [6.45, 7) is 5.00. The highest BCUT2D eigenvalue weighted by molar-refractivity contribution is 4.55. The molecule has 3 nitrogen and oxygen atoms in total. The van der Waals surface area contributed by atoms with Crippen LogP contribution in [0.1, 0.15) is 38.5 Å². The van der Waals surface area contributed by atoms with Crippen LogP contribution in [0, 0.1) is 0 Å². The van der Waals surface area contributed by atoms with Gasteiger partial charge in [0.15, 0.2) is 0 Å². The van der Waals surface area contributed by atoms with Gasteiger partial charge in [-0.3, -0.25) is 0 Å². The van der Waals surface area contributed by atoms with Gasteiger partial charge in [0.25, 0.3) is 0 Å². The Hall–Kier alpha value is -0.120. The molecule has 2 heterocycles. The first-order valence-corrected chi connectivity index (χ1v) is 5.41. The largest absolute Gasteiger partial charge is 0.412 e. The molecule has 0 aromatic heterocycles. The van der Waals surface area contributed by atoms with E-state index >= 15 is 0 Å². The van der Waals surface area contributed by atoms with E-state index in [1.54, 1.807) is 0 Å². The smallest absolute Gasteiger partial charge is 0.00489 e. The Kier molecular flexibility index (Phi) is 9.87. The Balaban J connectivity index is 0.000000206. The molecule has 4 N–H and O–H groups in total. The normalized spacial score (nSPS) is 22.2. The van der Waals surface area contributed by atoms with E-state index in [0.29, 0.717) is 0 Å². The van der Waals surface area contributed by atoms with Gasteiger partial charge in [0, 0.05) is 0 Å². The molecule has 13 heavy (non-hydrogen) atoms. The van der Waals surface area contributed by atoms with E-state index in [1.807, 2.05) is 0 Å². The van der Waals surface area contributed by atoms with Crippen molar-refractivity contribution in [2.24, 2.45) is 0 Å². The van der Waals surface area contributed by atoms with Gasteiger partial charge in [-0.1, -0.05) is 12.8 Å². The van der Waals surface area contributed by atoms with E-state index in [1.165, 1.54) is 64.7 Å². The number of nitrogens with one attached hydrogen (secondary N) is 2. The van der Waals surface area contributed by atoms with E-state index in [-0.39, 0.29) is 5.48 Å². The third kappa shape index (κ3) is 8.22. The maximum atomic E-state index is 3.28. The molecular weight excluding hydrogens is 164 g/mol. The van der Waals surface area contributed by atoms with Crippen molar-refractivity contribution in [3.05, 3.63) is 0 Å². The van der Waals surface area contributed by atoms with E-state index < -0.39 is 0 Å². The fourth-order valence-corrected chi connectivity index (χ4v) is 1.60. The van der Waals surface area contributed by atoms with Crippen molar-refractivity contribution in [1.82, 2.24) is 10.6 Å². The first kappa shape index (κ1) is 12.9. The Bertz CT molecular complexity index is 55.9. The summed E-state index contributed by atoms with van der Waals surface area (Å²) < 4.78 is 0. The van der Waals surface area contributed by atoms with Crippen LogP contribution in [0.4, 0.5) is 0 Å². The first-order chi connectivity index (χ1) is 6.00. The molecule has 80 valence electrons. The third-order valence-electron chi connectivity index (χ3n) is 2.41. The van der Waals surface area contributed by atoms with Crippen molar-refractivity contribution in [2.45, 2.75) is 38.5 Å². The van der Waals surface area contributed by atoms with Crippen LogP contribution < -0.4 is 10.6 Å². The second-order valence-corrected chi connectivity index (χ2v) is 3.62. The molecule has 0 unspecified atom stereocenters. The third-order valence-corrected chi connectivity index (χ3v) is 2.41. The molecule has 0 amide bonds. The van der Waals surface area contributed by atoms with E-state index in [9.17, 15) is 0 Å². The standard InChI is InChI=1S/2C5H11N.H2O/c2*1-2-4-6-5-3-1;/h2*6H,1-5H2;1H2. The van der Waals surface area contributed by atoms with Gasteiger partial charge in [0.05, 0.1) is 0 Å². The van der Waals surface area contributed by atoms with Crippen molar-refractivity contribution in [3.63, 3.8) is 0 Å². The fourth-order valence-electron chi connectivity index (χ4n) is 1.60. The van der Waals surface area contributed by atoms with Crippen LogP contribution in [0.5, 0.6) is 0 Å². The van der Waals surface area contributed by atoms with Gasteiger partial charge < -0.3 is 16.1 Å². The summed E-state index contributed by atoms with van der Waals surface area (Å²) in [5.41, 5.74) is 0. The number of hydrogen-bond acceptors (Lipinski definition) is 2. The van der Waals surface area contributed by atoms with Crippen molar-refractivity contribution in [1.29, 1.82) is 0 Å². The van der Waals surface area contributed by atoms with Gasteiger partial charge in [-0.05, 0) is 51.9 Å². The molecule has 2 aliphatic heterocycles. The molecule has 3 heteroatoms. The lowest BCUT2D eigenvalue weighted by atomic mass is 10.2. The summed E-state index contributed by atoms with van der Waals surface area (Å²) in [7, 11) is 0. The van der Waals surface area contributed by atoms with Crippen LogP contribution in [0.2, 0.25) is 0 Å². The molecule has 0 aromatic carbocycles. The molecule has 2 saturated heterocycles. The Morgan fingerprint density at radius 1 is 0.462 bits per heavy atom. The van der Waals surface area contributed by atoms with Crippen LogP contribution in [0.25, 0.3) is 0 Å². The molecule has 0 saturated carbocycles. The zero-order valence-corrected chi connectivity index (χ0v) is 8.57. The lowest BCUT2D eigenvalue weighted by Gasteiger charge is -2.08. The molecule has 0 aromatic rings. The summed E-state index contributed by atoms with van der Waals surface area (Å²) in [6, 6.07) is 0. The maximum Gasteiger partial charge on any atom is -0.00489 e. The van der Waals surface area contributed by atoms with Crippen molar-refractivity contribution < 1.29 is 5.48 Å². The van der Waals surface area contributed by atoms with Gasteiger partial charge >= 0.3 is 0 Å². The number of piperidine rings is 2. The predicted molar refractivity (Wildman–Crippen MR) is 57.1 cm³/mol. The van der Waals surface area contributed by atoms with Crippen LogP contribution in [0.3, 0.4) is 0 Å². The fraction of sp³-hybridized carbons (Fsp3) is 1.00. The van der Waals surface area contributed by atoms with E-state index in [0.717, 1.165) is 0 Å². The molecule has 2 fully saturated rings. The minimum absolute atomic E-state index is 0. The SMILES string of the molecule is C1CCNCC1.C1CCNCC1.O. The van der Waals surface area contributed by atoms with Gasteiger partial charge in [0.1, 0.15) is 0 Å².